The van der Waals surface area contributed by atoms with Crippen LogP contribution in [0.25, 0.3) is 5.57 Å². The fourth-order valence-electron chi connectivity index (χ4n) is 3.66. The van der Waals surface area contributed by atoms with Crippen molar-refractivity contribution in [2.75, 3.05) is 12.0 Å². The van der Waals surface area contributed by atoms with E-state index >= 15 is 0 Å². The first-order valence-electron chi connectivity index (χ1n) is 10.2. The molecular formula is C22H31N5. The molecule has 1 aliphatic heterocycles. The molecule has 1 fully saturated rings. The molecule has 1 aliphatic carbocycles. The van der Waals surface area contributed by atoms with Gasteiger partial charge in [0.25, 0.3) is 0 Å². The Morgan fingerprint density at radius 2 is 1.96 bits per heavy atom. The molecule has 0 amide bonds. The van der Waals surface area contributed by atoms with Crippen molar-refractivity contribution in [3.05, 3.63) is 55.0 Å². The summed E-state index contributed by atoms with van der Waals surface area (Å²) in [5.74, 6) is 1.18. The lowest BCUT2D eigenvalue weighted by Crippen LogP contribution is -2.18. The third-order valence-electron chi connectivity index (χ3n) is 5.19. The molecule has 1 aromatic heterocycles. The van der Waals surface area contributed by atoms with E-state index in [0.717, 1.165) is 23.7 Å². The van der Waals surface area contributed by atoms with Crippen LogP contribution in [0.2, 0.25) is 0 Å². The number of nitrogens with zero attached hydrogens (tertiary/aromatic N) is 4. The third kappa shape index (κ3) is 6.66. The second-order valence-corrected chi connectivity index (χ2v) is 7.45. The number of aromatic nitrogens is 3. The van der Waals surface area contributed by atoms with Gasteiger partial charge in [0.2, 0.25) is 0 Å². The van der Waals surface area contributed by atoms with Gasteiger partial charge < -0.3 is 5.43 Å². The molecule has 0 radical (unpaired) electrons. The molecule has 5 heteroatoms. The zero-order valence-corrected chi connectivity index (χ0v) is 16.3. The molecule has 0 aromatic carbocycles. The minimum atomic E-state index is 0.326. The van der Waals surface area contributed by atoms with Crippen molar-refractivity contribution >= 4 is 11.8 Å². The van der Waals surface area contributed by atoms with Crippen molar-refractivity contribution in [3.8, 4) is 0 Å². The molecule has 27 heavy (non-hydrogen) atoms. The molecule has 5 nitrogen and oxygen atoms in total. The van der Waals surface area contributed by atoms with Gasteiger partial charge in [-0.05, 0) is 18.3 Å². The van der Waals surface area contributed by atoms with Crippen LogP contribution < -0.4 is 5.43 Å². The van der Waals surface area contributed by atoms with Crippen molar-refractivity contribution < 1.29 is 0 Å². The zero-order valence-electron chi connectivity index (χ0n) is 16.3. The molecule has 2 aliphatic rings. The van der Waals surface area contributed by atoms with Crippen molar-refractivity contribution in [3.63, 3.8) is 0 Å². The number of rotatable bonds is 5. The Labute approximate surface area is 162 Å². The molecule has 0 bridgehead atoms. The van der Waals surface area contributed by atoms with Crippen LogP contribution in [-0.4, -0.2) is 27.4 Å². The van der Waals surface area contributed by atoms with Gasteiger partial charge in [-0.3, -0.25) is 19.6 Å². The van der Waals surface area contributed by atoms with Crippen LogP contribution in [0.3, 0.4) is 0 Å². The first-order valence-corrected chi connectivity index (χ1v) is 10.2. The molecule has 1 atom stereocenters. The van der Waals surface area contributed by atoms with Gasteiger partial charge in [0.05, 0.1) is 11.9 Å². The minimum Gasteiger partial charge on any atom is -0.326 e. The van der Waals surface area contributed by atoms with Crippen molar-refractivity contribution in [1.29, 1.82) is 0 Å². The Bertz CT molecular complexity index is 722. The highest BCUT2D eigenvalue weighted by Crippen LogP contribution is 2.25. The van der Waals surface area contributed by atoms with E-state index in [2.05, 4.69) is 39.5 Å². The van der Waals surface area contributed by atoms with Crippen LogP contribution >= 0.6 is 0 Å². The fraction of sp³-hybridized carbons (Fsp3) is 0.500. The first-order chi connectivity index (χ1) is 13.3. The standard InChI is InChI=1S/C22H31N5/c1-19-8-10-24-17-21(16-19)22-18-27(15-14-23-12-13-25-22)26-11-9-20-6-4-2-3-5-7-20/h8,10,12-20,26H,2-7,9,11H2,1H3. The van der Waals surface area contributed by atoms with Crippen LogP contribution in [0.5, 0.6) is 0 Å². The molecule has 1 unspecified atom stereocenters. The fourth-order valence-corrected chi connectivity index (χ4v) is 3.66. The van der Waals surface area contributed by atoms with Crippen LogP contribution in [0.1, 0.15) is 57.6 Å². The molecule has 2 heterocycles. The van der Waals surface area contributed by atoms with E-state index in [0.29, 0.717) is 5.92 Å². The van der Waals surface area contributed by atoms with Gasteiger partial charge in [0.15, 0.2) is 0 Å². The monoisotopic (exact) mass is 365 g/mol. The molecule has 1 aromatic rings. The highest BCUT2D eigenvalue weighted by Gasteiger charge is 2.11. The summed E-state index contributed by atoms with van der Waals surface area (Å²) in [7, 11) is 0. The molecular weight excluding hydrogens is 334 g/mol. The maximum absolute atomic E-state index is 4.58. The largest absolute Gasteiger partial charge is 0.326 e. The number of hydrogen-bond donors (Lipinski definition) is 1. The maximum Gasteiger partial charge on any atom is 0.0897 e. The topological polar surface area (TPSA) is 55.1 Å². The molecule has 3 rings (SSSR count). The van der Waals surface area contributed by atoms with E-state index in [1.54, 1.807) is 18.6 Å². The summed E-state index contributed by atoms with van der Waals surface area (Å²) in [6.07, 6.45) is 26.7. The lowest BCUT2D eigenvalue weighted by molar-refractivity contribution is 0.433. The lowest BCUT2D eigenvalue weighted by Gasteiger charge is -2.16. The van der Waals surface area contributed by atoms with Crippen LogP contribution in [0.4, 0.5) is 0 Å². The first kappa shape index (κ1) is 19.3. The highest BCUT2D eigenvalue weighted by atomic mass is 15.4. The number of hydrogen-bond acceptors (Lipinski definition) is 4. The smallest absolute Gasteiger partial charge is 0.0897 e. The second-order valence-electron chi connectivity index (χ2n) is 7.45. The van der Waals surface area contributed by atoms with E-state index < -0.39 is 0 Å². The van der Waals surface area contributed by atoms with E-state index in [4.69, 9.17) is 0 Å². The van der Waals surface area contributed by atoms with Crippen LogP contribution in [0, 0.1) is 11.8 Å². The van der Waals surface area contributed by atoms with E-state index in [1.165, 1.54) is 44.9 Å². The molecule has 1 saturated carbocycles. The van der Waals surface area contributed by atoms with Crippen molar-refractivity contribution in [1.82, 2.24) is 14.6 Å². The van der Waals surface area contributed by atoms with Gasteiger partial charge in [-0.25, -0.2) is 0 Å². The Kier molecular flexibility index (Phi) is 7.63. The minimum absolute atomic E-state index is 0.326. The summed E-state index contributed by atoms with van der Waals surface area (Å²) in [6.45, 7) is 3.10. The molecule has 0 saturated heterocycles. The van der Waals surface area contributed by atoms with Gasteiger partial charge in [-0.2, -0.15) is 0 Å². The summed E-state index contributed by atoms with van der Waals surface area (Å²) in [4.78, 5) is 13.1. The molecule has 1 N–H and O–H groups in total. The number of aliphatic imine (C=N–C) groups is 1. The van der Waals surface area contributed by atoms with Gasteiger partial charge in [-0.15, -0.1) is 0 Å². The van der Waals surface area contributed by atoms with Gasteiger partial charge in [0.1, 0.15) is 0 Å². The van der Waals surface area contributed by atoms with Gasteiger partial charge in [-0.1, -0.05) is 57.6 Å². The Balaban J connectivity index is 1.73. The summed E-state index contributed by atoms with van der Waals surface area (Å²) < 4.78 is 1.98. The quantitative estimate of drug-likeness (QED) is 0.753. The summed E-state index contributed by atoms with van der Waals surface area (Å²) in [5.41, 5.74) is 5.40. The summed E-state index contributed by atoms with van der Waals surface area (Å²) >= 11 is 0. The third-order valence-corrected chi connectivity index (χ3v) is 5.19. The average Bonchev–Trinajstić information content (AvgIpc) is 3.00. The maximum atomic E-state index is 4.58. The number of allylic oxidation sites excluding steroid dienone is 3. The summed E-state index contributed by atoms with van der Waals surface area (Å²) in [6, 6.07) is 0. The van der Waals surface area contributed by atoms with Gasteiger partial charge in [0, 0.05) is 49.3 Å². The predicted molar refractivity (Wildman–Crippen MR) is 112 cm³/mol. The Morgan fingerprint density at radius 1 is 1.11 bits per heavy atom. The van der Waals surface area contributed by atoms with E-state index in [-0.39, 0.29) is 0 Å². The predicted octanol–water partition coefficient (Wildman–Crippen LogP) is 4.92. The Hall–Kier alpha value is -2.43. The lowest BCUT2D eigenvalue weighted by atomic mass is 9.97. The van der Waals surface area contributed by atoms with Gasteiger partial charge >= 0.3 is 0 Å². The Morgan fingerprint density at radius 3 is 2.81 bits per heavy atom. The molecule has 0 spiro atoms. The van der Waals surface area contributed by atoms with Crippen LogP contribution in [0.15, 0.2) is 54.3 Å². The summed E-state index contributed by atoms with van der Waals surface area (Å²) in [5, 5.41) is 0. The number of nitrogens with one attached hydrogen (secondary N) is 1. The van der Waals surface area contributed by atoms with E-state index in [9.17, 15) is 0 Å². The highest BCUT2D eigenvalue weighted by molar-refractivity contribution is 6.09. The normalized spacial score (nSPS) is 20.3. The van der Waals surface area contributed by atoms with E-state index in [1.807, 2.05) is 29.5 Å². The van der Waals surface area contributed by atoms with Crippen molar-refractivity contribution in [2.24, 2.45) is 16.8 Å². The van der Waals surface area contributed by atoms with Crippen LogP contribution in [-0.2, 0) is 0 Å². The SMILES string of the molecule is CC1C=CN=CC(c2cn(NCCC3CCCCCC3)ccnccn2)=C1. The molecule has 144 valence electrons. The van der Waals surface area contributed by atoms with Crippen molar-refractivity contribution in [2.45, 2.75) is 51.9 Å². The zero-order chi connectivity index (χ0) is 18.7. The second kappa shape index (κ2) is 10.7. The average molecular weight is 366 g/mol.